The van der Waals surface area contributed by atoms with Crippen LogP contribution in [0.4, 0.5) is 4.79 Å². The van der Waals surface area contributed by atoms with E-state index in [0.29, 0.717) is 11.8 Å². The number of hydrogen-bond donors (Lipinski definition) is 1. The molecule has 2 rings (SSSR count). The smallest absolute Gasteiger partial charge is 0.410 e. The van der Waals surface area contributed by atoms with Crippen LogP contribution in [0.2, 0.25) is 0 Å². The van der Waals surface area contributed by atoms with Gasteiger partial charge >= 0.3 is 6.09 Å². The lowest BCUT2D eigenvalue weighted by Gasteiger charge is -2.39. The molecule has 4 heteroatoms. The molecule has 1 amide bonds. The molecule has 2 fully saturated rings. The Bertz CT molecular complexity index is 307. The minimum Gasteiger partial charge on any atom is -0.444 e. The molecule has 1 aliphatic carbocycles. The number of carbonyl (C=O) groups excluding carboxylic acids is 1. The van der Waals surface area contributed by atoms with E-state index < -0.39 is 5.60 Å². The van der Waals surface area contributed by atoms with E-state index in [9.17, 15) is 4.79 Å². The first-order valence-corrected chi connectivity index (χ1v) is 7.08. The van der Waals surface area contributed by atoms with Crippen molar-refractivity contribution in [2.24, 2.45) is 23.5 Å². The molecule has 0 spiro atoms. The van der Waals surface area contributed by atoms with E-state index in [-0.39, 0.29) is 6.09 Å². The highest BCUT2D eigenvalue weighted by Crippen LogP contribution is 2.43. The molecule has 0 aromatic heterocycles. The molecule has 2 atom stereocenters. The highest BCUT2D eigenvalue weighted by molar-refractivity contribution is 5.68. The van der Waals surface area contributed by atoms with Crippen molar-refractivity contribution in [3.63, 3.8) is 0 Å². The van der Waals surface area contributed by atoms with Gasteiger partial charge in [0.15, 0.2) is 0 Å². The van der Waals surface area contributed by atoms with E-state index in [1.807, 2.05) is 25.7 Å². The highest BCUT2D eigenvalue weighted by atomic mass is 16.6. The topological polar surface area (TPSA) is 55.6 Å². The second-order valence-electron chi connectivity index (χ2n) is 6.71. The van der Waals surface area contributed by atoms with Crippen LogP contribution in [0.15, 0.2) is 0 Å². The molecule has 0 bridgehead atoms. The van der Waals surface area contributed by atoms with E-state index >= 15 is 0 Å². The second-order valence-corrected chi connectivity index (χ2v) is 6.71. The fraction of sp³-hybridized carbons (Fsp3) is 0.929. The SMILES string of the molecule is CC(C)(C)OC(=O)N1CCC(CN)C(C2CC2)C1. The third kappa shape index (κ3) is 3.37. The third-order valence-electron chi connectivity index (χ3n) is 3.99. The van der Waals surface area contributed by atoms with E-state index in [2.05, 4.69) is 0 Å². The monoisotopic (exact) mass is 254 g/mol. The van der Waals surface area contributed by atoms with Gasteiger partial charge in [-0.1, -0.05) is 0 Å². The summed E-state index contributed by atoms with van der Waals surface area (Å²) < 4.78 is 5.45. The zero-order valence-electron chi connectivity index (χ0n) is 11.8. The third-order valence-corrected chi connectivity index (χ3v) is 3.99. The van der Waals surface area contributed by atoms with Crippen LogP contribution in [0.5, 0.6) is 0 Å². The minimum absolute atomic E-state index is 0.163. The van der Waals surface area contributed by atoms with Crippen LogP contribution < -0.4 is 5.73 Å². The molecular formula is C14H26N2O2. The van der Waals surface area contributed by atoms with Crippen LogP contribution in [0, 0.1) is 17.8 Å². The fourth-order valence-electron chi connectivity index (χ4n) is 2.87. The van der Waals surface area contributed by atoms with Gasteiger partial charge in [0.2, 0.25) is 0 Å². The molecule has 2 aliphatic rings. The number of piperidine rings is 1. The molecule has 0 aromatic rings. The van der Waals surface area contributed by atoms with Crippen molar-refractivity contribution in [3.05, 3.63) is 0 Å². The van der Waals surface area contributed by atoms with E-state index in [1.54, 1.807) is 0 Å². The van der Waals surface area contributed by atoms with Crippen molar-refractivity contribution in [3.8, 4) is 0 Å². The number of amides is 1. The molecule has 2 N–H and O–H groups in total. The molecule has 2 unspecified atom stereocenters. The van der Waals surface area contributed by atoms with Gasteiger partial charge in [0.05, 0.1) is 0 Å². The second kappa shape index (κ2) is 5.08. The summed E-state index contributed by atoms with van der Waals surface area (Å²) in [6, 6.07) is 0. The van der Waals surface area contributed by atoms with Gasteiger partial charge in [0, 0.05) is 13.1 Å². The number of likely N-dealkylation sites (tertiary alicyclic amines) is 1. The Labute approximate surface area is 110 Å². The maximum absolute atomic E-state index is 12.1. The number of carbonyl (C=O) groups is 1. The summed E-state index contributed by atoms with van der Waals surface area (Å²) in [5, 5.41) is 0. The van der Waals surface area contributed by atoms with Crippen molar-refractivity contribution >= 4 is 6.09 Å². The molecular weight excluding hydrogens is 228 g/mol. The highest BCUT2D eigenvalue weighted by Gasteiger charge is 2.41. The Morgan fingerprint density at radius 3 is 2.50 bits per heavy atom. The van der Waals surface area contributed by atoms with Gasteiger partial charge < -0.3 is 15.4 Å². The summed E-state index contributed by atoms with van der Waals surface area (Å²) in [5.41, 5.74) is 5.44. The molecule has 104 valence electrons. The van der Waals surface area contributed by atoms with Gasteiger partial charge in [-0.25, -0.2) is 4.79 Å². The molecule has 18 heavy (non-hydrogen) atoms. The van der Waals surface area contributed by atoms with Crippen molar-refractivity contribution in [1.82, 2.24) is 4.90 Å². The van der Waals surface area contributed by atoms with Crippen LogP contribution in [-0.2, 0) is 4.74 Å². The van der Waals surface area contributed by atoms with E-state index in [1.165, 1.54) is 12.8 Å². The lowest BCUT2D eigenvalue weighted by atomic mass is 9.82. The van der Waals surface area contributed by atoms with E-state index in [0.717, 1.165) is 32.0 Å². The first-order valence-electron chi connectivity index (χ1n) is 7.08. The van der Waals surface area contributed by atoms with Gasteiger partial charge in [-0.2, -0.15) is 0 Å². The molecule has 1 saturated carbocycles. The Morgan fingerprint density at radius 1 is 1.33 bits per heavy atom. The standard InChI is InChI=1S/C14H26N2O2/c1-14(2,3)18-13(17)16-7-6-11(8-15)12(9-16)10-4-5-10/h10-12H,4-9,15H2,1-3H3. The van der Waals surface area contributed by atoms with Gasteiger partial charge in [-0.3, -0.25) is 0 Å². The predicted octanol–water partition coefficient (Wildman–Crippen LogP) is 2.23. The van der Waals surface area contributed by atoms with Crippen LogP contribution in [0.1, 0.15) is 40.0 Å². The summed E-state index contributed by atoms with van der Waals surface area (Å²) in [6.07, 6.45) is 3.48. The molecule has 0 aromatic carbocycles. The molecule has 1 heterocycles. The number of rotatable bonds is 2. The molecule has 0 radical (unpaired) electrons. The van der Waals surface area contributed by atoms with Gasteiger partial charge in [-0.05, 0) is 64.3 Å². The van der Waals surface area contributed by atoms with Crippen LogP contribution >= 0.6 is 0 Å². The Morgan fingerprint density at radius 2 is 2.00 bits per heavy atom. The van der Waals surface area contributed by atoms with Crippen molar-refractivity contribution < 1.29 is 9.53 Å². The first kappa shape index (κ1) is 13.7. The number of ether oxygens (including phenoxy) is 1. The number of nitrogens with zero attached hydrogens (tertiary/aromatic N) is 1. The maximum Gasteiger partial charge on any atom is 0.410 e. The fourth-order valence-corrected chi connectivity index (χ4v) is 2.87. The zero-order chi connectivity index (χ0) is 13.3. The summed E-state index contributed by atoms with van der Waals surface area (Å²) in [6.45, 7) is 8.12. The Kier molecular flexibility index (Phi) is 3.85. The molecule has 1 saturated heterocycles. The number of hydrogen-bond acceptors (Lipinski definition) is 3. The van der Waals surface area contributed by atoms with Crippen LogP contribution in [0.3, 0.4) is 0 Å². The van der Waals surface area contributed by atoms with Crippen molar-refractivity contribution in [1.29, 1.82) is 0 Å². The van der Waals surface area contributed by atoms with E-state index in [4.69, 9.17) is 10.5 Å². The summed E-state index contributed by atoms with van der Waals surface area (Å²) in [4.78, 5) is 13.9. The summed E-state index contributed by atoms with van der Waals surface area (Å²) in [5.74, 6) is 1.98. The Balaban J connectivity index is 1.93. The largest absolute Gasteiger partial charge is 0.444 e. The summed E-state index contributed by atoms with van der Waals surface area (Å²) >= 11 is 0. The normalized spacial score (nSPS) is 29.2. The summed E-state index contributed by atoms with van der Waals surface area (Å²) in [7, 11) is 0. The average molecular weight is 254 g/mol. The minimum atomic E-state index is -0.406. The zero-order valence-corrected chi connectivity index (χ0v) is 11.8. The van der Waals surface area contributed by atoms with Gasteiger partial charge in [-0.15, -0.1) is 0 Å². The first-order chi connectivity index (χ1) is 8.40. The maximum atomic E-state index is 12.1. The van der Waals surface area contributed by atoms with Gasteiger partial charge in [0.25, 0.3) is 0 Å². The quantitative estimate of drug-likeness (QED) is 0.822. The predicted molar refractivity (Wildman–Crippen MR) is 71.2 cm³/mol. The lowest BCUT2D eigenvalue weighted by Crippen LogP contribution is -2.48. The van der Waals surface area contributed by atoms with Crippen molar-refractivity contribution in [2.75, 3.05) is 19.6 Å². The van der Waals surface area contributed by atoms with Crippen LogP contribution in [0.25, 0.3) is 0 Å². The Hall–Kier alpha value is -0.770. The van der Waals surface area contributed by atoms with Gasteiger partial charge in [0.1, 0.15) is 5.60 Å². The molecule has 4 nitrogen and oxygen atoms in total. The lowest BCUT2D eigenvalue weighted by molar-refractivity contribution is 0.00875. The average Bonchev–Trinajstić information content (AvgIpc) is 3.09. The van der Waals surface area contributed by atoms with Crippen LogP contribution in [-0.4, -0.2) is 36.2 Å². The number of nitrogens with two attached hydrogens (primary N) is 1. The van der Waals surface area contributed by atoms with Crippen molar-refractivity contribution in [2.45, 2.75) is 45.6 Å². The molecule has 1 aliphatic heterocycles.